The molecular weight excluding hydrogens is 1800 g/mol. The monoisotopic (exact) mass is 1890 g/mol. The number of H-pyrrole nitrogens is 5. The van der Waals surface area contributed by atoms with Gasteiger partial charge in [0.2, 0.25) is 0 Å². The van der Waals surface area contributed by atoms with E-state index < -0.39 is 0 Å². The second-order valence-corrected chi connectivity index (χ2v) is 35.1. The van der Waals surface area contributed by atoms with Crippen LogP contribution >= 0.6 is 22.9 Å². The van der Waals surface area contributed by atoms with E-state index in [2.05, 4.69) is 197 Å². The molecular formula is C104H89ClF3N25O5S. The first kappa shape index (κ1) is 91.9. The molecule has 11 aromatic heterocycles. The van der Waals surface area contributed by atoms with Crippen LogP contribution in [0.3, 0.4) is 0 Å². The van der Waals surface area contributed by atoms with Gasteiger partial charge in [-0.2, -0.15) is 47.5 Å². The third-order valence-electron chi connectivity index (χ3n) is 22.9. The van der Waals surface area contributed by atoms with Crippen LogP contribution in [0.25, 0.3) is 107 Å². The second kappa shape index (κ2) is 40.3. The van der Waals surface area contributed by atoms with Crippen LogP contribution in [-0.4, -0.2) is 97.9 Å². The van der Waals surface area contributed by atoms with Crippen LogP contribution in [0.1, 0.15) is 77.1 Å². The molecule has 30 nitrogen and oxygen atoms in total. The molecule has 0 aliphatic carbocycles. The summed E-state index contributed by atoms with van der Waals surface area (Å²) in [4.78, 5) is 108. The molecule has 22 rings (SSSR count). The van der Waals surface area contributed by atoms with Crippen molar-refractivity contribution in [3.63, 3.8) is 0 Å². The normalized spacial score (nSPS) is 11.3. The van der Waals surface area contributed by atoms with E-state index >= 15 is 0 Å². The third-order valence-corrected chi connectivity index (χ3v) is 24.0. The summed E-state index contributed by atoms with van der Waals surface area (Å²) in [5.74, 6) is 3.51. The van der Waals surface area contributed by atoms with Crippen molar-refractivity contribution in [1.82, 2.24) is 97.9 Å². The van der Waals surface area contributed by atoms with Gasteiger partial charge in [0.05, 0.1) is 66.1 Å². The highest BCUT2D eigenvalue weighted by Crippen LogP contribution is 2.30. The van der Waals surface area contributed by atoms with Gasteiger partial charge in [0.1, 0.15) is 17.5 Å². The molecule has 11 aromatic carbocycles. The fraction of sp³-hybridized carbons (Fsp3) is 0.125. The highest BCUT2D eigenvalue weighted by Gasteiger charge is 2.20. The maximum absolute atomic E-state index is 13.1. The summed E-state index contributed by atoms with van der Waals surface area (Å²) in [6.07, 6.45) is 0. The van der Waals surface area contributed by atoms with Gasteiger partial charge in [-0.1, -0.05) is 148 Å². The number of hydrogen-bond acceptors (Lipinski definition) is 21. The summed E-state index contributed by atoms with van der Waals surface area (Å²) in [5.41, 5.74) is 15.7. The van der Waals surface area contributed by atoms with Crippen LogP contribution in [0.5, 0.6) is 0 Å². The van der Waals surface area contributed by atoms with Gasteiger partial charge in [-0.3, -0.25) is 49.5 Å². The lowest BCUT2D eigenvalue weighted by molar-refractivity contribution is 0.590. The quantitative estimate of drug-likeness (QED) is 0.0339. The van der Waals surface area contributed by atoms with Crippen LogP contribution in [0.15, 0.2) is 314 Å². The van der Waals surface area contributed by atoms with Crippen molar-refractivity contribution in [2.45, 2.75) is 86.6 Å². The average molecular weight is 1890 g/mol. The number of rotatable bonds is 20. The summed E-state index contributed by atoms with van der Waals surface area (Å²) in [5, 5.41) is 38.4. The van der Waals surface area contributed by atoms with Crippen molar-refractivity contribution in [3.8, 4) is 56.3 Å². The number of halogens is 4. The molecule has 0 fully saturated rings. The van der Waals surface area contributed by atoms with E-state index in [1.165, 1.54) is 128 Å². The van der Waals surface area contributed by atoms with Crippen molar-refractivity contribution >= 4 is 102 Å². The van der Waals surface area contributed by atoms with Crippen LogP contribution in [0.4, 0.5) is 41.6 Å². The fourth-order valence-corrected chi connectivity index (χ4v) is 15.8. The molecule has 0 atom stereocenters. The van der Waals surface area contributed by atoms with Crippen molar-refractivity contribution in [3.05, 3.63) is 421 Å². The van der Waals surface area contributed by atoms with Crippen molar-refractivity contribution in [2.24, 2.45) is 0 Å². The van der Waals surface area contributed by atoms with E-state index in [1.807, 2.05) is 128 Å². The number of fused-ring (bicyclic) bond motifs is 7. The maximum atomic E-state index is 13.1. The molecule has 0 unspecified atom stereocenters. The smallest absolute Gasteiger partial charge is 0.274 e. The number of aryl methyl sites for hydroxylation is 3. The molecule has 22 aromatic rings. The van der Waals surface area contributed by atoms with Crippen molar-refractivity contribution in [1.29, 1.82) is 0 Å². The molecule has 0 bridgehead atoms. The van der Waals surface area contributed by atoms with Crippen LogP contribution in [0.2, 0.25) is 5.02 Å². The summed E-state index contributed by atoms with van der Waals surface area (Å²) < 4.78 is 45.7. The van der Waals surface area contributed by atoms with Gasteiger partial charge in [-0.25, -0.2) is 38.1 Å². The molecule has 35 heteroatoms. The van der Waals surface area contributed by atoms with Gasteiger partial charge in [-0.15, -0.1) is 11.3 Å². The standard InChI is InChI=1S/C24H27N5O.C22H16FN5O.C20H18FN5O.C20H15N5OS.C18H13ClFN5O/c1-15-7-6-8-20(16(15)2)25-14-19-13-21(30)29-23(26-19)27-22(28-29)17-9-11-18(12-10-17)24(3,4)5;23-17-8-5-15(6-9-17)21-26-22-25-19(12-20(29)28(22)27-21)13-24-18-10-7-14-3-1-2-4-16(14)11-18;1-12-3-4-14(9-13(12)2)19-24-20-23-17(10-18(27)26(20)25-19)11-22-16-7-5-15(21)6-8-16;26-18-11-16(12-21-15-8-7-13-4-1-2-5-14(13)10-15)22-20-23-19(24-25(18)20)17-6-3-9-27-17;19-12-3-1-11(2-4-12)17-23-18-22-15(9-16(26)25(18)24-17)10-21-14-7-5-13(20)6-8-14/h6-13,25H,14H2,1-5H3,(H,26,27,28);1-12,24H,13H2,(H,25,26,27);3-10,22H,11H2,1-2H3,(H,23,24,25);1-11,21H,12H2,(H,22,23,24);1-9,21H,10H2,(H,22,23,24). The minimum Gasteiger partial charge on any atom is -0.379 e. The maximum Gasteiger partial charge on any atom is 0.274 e. The van der Waals surface area contributed by atoms with Crippen LogP contribution in [0, 0.1) is 45.1 Å². The Balaban J connectivity index is 0.000000115. The second-order valence-electron chi connectivity index (χ2n) is 33.7. The Morgan fingerprint density at radius 2 is 0.647 bits per heavy atom. The Morgan fingerprint density at radius 1 is 0.309 bits per heavy atom. The van der Waals surface area contributed by atoms with E-state index in [1.54, 1.807) is 59.9 Å². The first-order chi connectivity index (χ1) is 67.2. The number of hydrogen-bond donors (Lipinski definition) is 10. The summed E-state index contributed by atoms with van der Waals surface area (Å²) in [7, 11) is 0. The number of nitrogens with one attached hydrogen (secondary N) is 10. The van der Waals surface area contributed by atoms with Gasteiger partial charge in [0.25, 0.3) is 56.7 Å². The average Bonchev–Trinajstić information content (AvgIpc) is 2.41. The fourth-order valence-electron chi connectivity index (χ4n) is 15.0. The predicted octanol–water partition coefficient (Wildman–Crippen LogP) is 19.5. The highest BCUT2D eigenvalue weighted by molar-refractivity contribution is 7.13. The van der Waals surface area contributed by atoms with Crippen LogP contribution < -0.4 is 54.4 Å². The molecule has 0 amide bonds. The largest absolute Gasteiger partial charge is 0.379 e. The Labute approximate surface area is 798 Å². The lowest BCUT2D eigenvalue weighted by Crippen LogP contribution is -2.17. The Bertz CT molecular complexity index is 8560. The Hall–Kier alpha value is -17.5. The number of thiophene rings is 1. The van der Waals surface area contributed by atoms with E-state index in [-0.39, 0.29) is 62.2 Å². The van der Waals surface area contributed by atoms with Gasteiger partial charge in [0.15, 0.2) is 29.1 Å². The predicted molar refractivity (Wildman–Crippen MR) is 539 cm³/mol. The number of nitrogens with zero attached hydrogens (tertiary/aromatic N) is 15. The minimum absolute atomic E-state index is 0.0858. The molecule has 11 heterocycles. The van der Waals surface area contributed by atoms with Gasteiger partial charge < -0.3 is 26.6 Å². The van der Waals surface area contributed by atoms with Gasteiger partial charge >= 0.3 is 0 Å². The molecule has 0 saturated carbocycles. The van der Waals surface area contributed by atoms with Gasteiger partial charge in [-0.05, 0) is 227 Å². The Kier molecular flexibility index (Phi) is 26.7. The number of anilines is 5. The minimum atomic E-state index is -0.331. The van der Waals surface area contributed by atoms with E-state index in [0.717, 1.165) is 61.0 Å². The van der Waals surface area contributed by atoms with Crippen molar-refractivity contribution in [2.75, 3.05) is 26.6 Å². The SMILES string of the molecule is Cc1ccc(-c2nc3nc(CNc4ccc(F)cc4)cc(=O)n3[nH]2)cc1C.Cc1cccc(NCc2cc(=O)n3[nH]c(-c4ccc(C(C)(C)C)cc4)nc3n2)c1C.O=c1cc(CNc2ccc(F)cc2)nc2nc(-c3ccc(Cl)cc3)[nH]n12.O=c1cc(CNc2ccc3ccccc3c2)nc2nc(-c3ccc(F)cc3)[nH]n12.O=c1cc(CNc2ccc3ccccc3c2)nc2nc(-c3cccs3)[nH]n12. The number of aromatic nitrogens is 20. The molecule has 0 aliphatic heterocycles. The zero-order valence-corrected chi connectivity index (χ0v) is 77.5. The summed E-state index contributed by atoms with van der Waals surface area (Å²) in [6.45, 7) is 16.7. The number of benzene rings is 11. The molecule has 10 N–H and O–H groups in total. The first-order valence-corrected chi connectivity index (χ1v) is 45.4. The lowest BCUT2D eigenvalue weighted by atomic mass is 9.87. The summed E-state index contributed by atoms with van der Waals surface area (Å²) in [6, 6.07) is 85.2. The zero-order chi connectivity index (χ0) is 96.5. The van der Waals surface area contributed by atoms with E-state index in [4.69, 9.17) is 11.6 Å². The topological polar surface area (TPSA) is 375 Å². The number of aromatic amines is 5. The van der Waals surface area contributed by atoms with Crippen molar-refractivity contribution < 1.29 is 13.2 Å². The first-order valence-electron chi connectivity index (χ1n) is 44.1. The summed E-state index contributed by atoms with van der Waals surface area (Å²) >= 11 is 7.45. The molecule has 0 aliphatic rings. The lowest BCUT2D eigenvalue weighted by Gasteiger charge is -2.18. The highest BCUT2D eigenvalue weighted by atomic mass is 35.5. The molecule has 694 valence electrons. The molecule has 0 spiro atoms. The van der Waals surface area contributed by atoms with E-state index in [0.29, 0.717) is 118 Å². The van der Waals surface area contributed by atoms with Gasteiger partial charge in [0, 0.05) is 86.0 Å². The van der Waals surface area contributed by atoms with Crippen LogP contribution in [-0.2, 0) is 38.1 Å². The zero-order valence-electron chi connectivity index (χ0n) is 75.9. The molecule has 0 saturated heterocycles. The molecule has 139 heavy (non-hydrogen) atoms. The third kappa shape index (κ3) is 22.0. The molecule has 0 radical (unpaired) electrons. The van der Waals surface area contributed by atoms with E-state index in [9.17, 15) is 37.1 Å². The Morgan fingerprint density at radius 3 is 1.04 bits per heavy atom.